The first kappa shape index (κ1) is 9.62. The highest BCUT2D eigenvalue weighted by atomic mass is 35.5. The van der Waals surface area contributed by atoms with Crippen molar-refractivity contribution in [3.8, 4) is 0 Å². The second-order valence-corrected chi connectivity index (χ2v) is 3.82. The Morgan fingerprint density at radius 3 is 2.93 bits per heavy atom. The summed E-state index contributed by atoms with van der Waals surface area (Å²) in [4.78, 5) is 0. The van der Waals surface area contributed by atoms with Crippen LogP contribution in [0.3, 0.4) is 0 Å². The Morgan fingerprint density at radius 1 is 1.43 bits per heavy atom. The van der Waals surface area contributed by atoms with Crippen molar-refractivity contribution >= 4 is 23.0 Å². The molecule has 0 bridgehead atoms. The van der Waals surface area contributed by atoms with Gasteiger partial charge in [0.2, 0.25) is 0 Å². The molecule has 1 aliphatic rings. The lowest BCUT2D eigenvalue weighted by atomic mass is 10.1. The van der Waals surface area contributed by atoms with Gasteiger partial charge < -0.3 is 15.7 Å². The van der Waals surface area contributed by atoms with Crippen LogP contribution in [0.15, 0.2) is 18.2 Å². The number of para-hydroxylation sites is 1. The smallest absolute Gasteiger partial charge is 0.144 e. The van der Waals surface area contributed by atoms with Gasteiger partial charge in [0.05, 0.1) is 22.4 Å². The molecular formula is C10H13ClN2O. The number of hydrogen-bond donors (Lipinski definition) is 3. The van der Waals surface area contributed by atoms with Gasteiger partial charge in [0, 0.05) is 0 Å². The first-order chi connectivity index (χ1) is 6.72. The van der Waals surface area contributed by atoms with Crippen LogP contribution in [-0.2, 0) is 0 Å². The highest BCUT2D eigenvalue weighted by Crippen LogP contribution is 2.34. The minimum Gasteiger partial charge on any atom is -0.376 e. The van der Waals surface area contributed by atoms with Gasteiger partial charge in [0.1, 0.15) is 6.23 Å². The van der Waals surface area contributed by atoms with Crippen molar-refractivity contribution in [1.82, 2.24) is 0 Å². The molecule has 2 atom stereocenters. The van der Waals surface area contributed by atoms with E-state index in [1.54, 1.807) is 6.07 Å². The van der Waals surface area contributed by atoms with Crippen LogP contribution in [0, 0.1) is 0 Å². The lowest BCUT2D eigenvalue weighted by Crippen LogP contribution is -2.42. The van der Waals surface area contributed by atoms with Gasteiger partial charge in [-0.25, -0.2) is 0 Å². The summed E-state index contributed by atoms with van der Waals surface area (Å²) in [6.07, 6.45) is 0.285. The molecule has 0 amide bonds. The molecule has 0 saturated carbocycles. The molecule has 1 aromatic carbocycles. The molecule has 0 fully saturated rings. The summed E-state index contributed by atoms with van der Waals surface area (Å²) in [5.74, 6) is 0. The molecule has 0 aromatic heterocycles. The number of aliphatic hydroxyl groups is 1. The zero-order chi connectivity index (χ0) is 10.1. The van der Waals surface area contributed by atoms with Crippen molar-refractivity contribution in [3.63, 3.8) is 0 Å². The minimum atomic E-state index is -0.576. The van der Waals surface area contributed by atoms with Crippen molar-refractivity contribution in [3.05, 3.63) is 23.2 Å². The van der Waals surface area contributed by atoms with E-state index in [1.165, 1.54) is 0 Å². The van der Waals surface area contributed by atoms with E-state index >= 15 is 0 Å². The van der Waals surface area contributed by atoms with Crippen LogP contribution in [0.25, 0.3) is 0 Å². The Labute approximate surface area is 88.1 Å². The lowest BCUT2D eigenvalue weighted by molar-refractivity contribution is 0.175. The number of fused-ring (bicyclic) bond motifs is 1. The van der Waals surface area contributed by atoms with E-state index in [2.05, 4.69) is 10.6 Å². The highest BCUT2D eigenvalue weighted by Gasteiger charge is 2.25. The normalized spacial score (nSPS) is 24.8. The van der Waals surface area contributed by atoms with Gasteiger partial charge in [0.15, 0.2) is 0 Å². The molecule has 1 aromatic rings. The molecule has 0 radical (unpaired) electrons. The Kier molecular flexibility index (Phi) is 2.52. The molecular weight excluding hydrogens is 200 g/mol. The van der Waals surface area contributed by atoms with Gasteiger partial charge in [-0.2, -0.15) is 0 Å². The monoisotopic (exact) mass is 212 g/mol. The van der Waals surface area contributed by atoms with Crippen molar-refractivity contribution in [2.45, 2.75) is 25.6 Å². The second kappa shape index (κ2) is 3.67. The van der Waals surface area contributed by atoms with E-state index in [4.69, 9.17) is 11.6 Å². The Hall–Kier alpha value is -0.930. The van der Waals surface area contributed by atoms with E-state index in [0.717, 1.165) is 17.8 Å². The number of halogens is 1. The number of hydrogen-bond acceptors (Lipinski definition) is 3. The largest absolute Gasteiger partial charge is 0.376 e. The highest BCUT2D eigenvalue weighted by molar-refractivity contribution is 6.34. The van der Waals surface area contributed by atoms with Crippen LogP contribution >= 0.6 is 11.6 Å². The molecule has 0 spiro atoms. The summed E-state index contributed by atoms with van der Waals surface area (Å²) < 4.78 is 0. The van der Waals surface area contributed by atoms with Crippen molar-refractivity contribution in [2.75, 3.05) is 10.6 Å². The fraction of sp³-hybridized carbons (Fsp3) is 0.400. The van der Waals surface area contributed by atoms with Crippen molar-refractivity contribution < 1.29 is 5.11 Å². The summed E-state index contributed by atoms with van der Waals surface area (Å²) >= 11 is 5.98. The first-order valence-electron chi connectivity index (χ1n) is 4.72. The van der Waals surface area contributed by atoms with Gasteiger partial charge in [-0.05, 0) is 18.6 Å². The number of rotatable bonds is 1. The Bertz CT molecular complexity index is 343. The molecule has 14 heavy (non-hydrogen) atoms. The molecule has 76 valence electrons. The van der Waals surface area contributed by atoms with Crippen LogP contribution in [0.2, 0.25) is 5.02 Å². The Morgan fingerprint density at radius 2 is 2.21 bits per heavy atom. The van der Waals surface area contributed by atoms with Gasteiger partial charge in [-0.3, -0.25) is 0 Å². The molecule has 1 aliphatic heterocycles. The quantitative estimate of drug-likeness (QED) is 0.669. The van der Waals surface area contributed by atoms with Crippen LogP contribution in [-0.4, -0.2) is 17.4 Å². The van der Waals surface area contributed by atoms with E-state index in [1.807, 2.05) is 19.1 Å². The minimum absolute atomic E-state index is 0.0426. The predicted octanol–water partition coefficient (Wildman–Crippen LogP) is 2.27. The maximum atomic E-state index is 9.71. The van der Waals surface area contributed by atoms with Gasteiger partial charge in [0.25, 0.3) is 0 Å². The summed E-state index contributed by atoms with van der Waals surface area (Å²) in [7, 11) is 0. The van der Waals surface area contributed by atoms with Crippen LogP contribution in [0.5, 0.6) is 0 Å². The second-order valence-electron chi connectivity index (χ2n) is 3.41. The number of nitrogens with one attached hydrogen (secondary N) is 2. The number of benzene rings is 1. The molecule has 4 heteroatoms. The molecule has 3 N–H and O–H groups in total. The number of aliphatic hydroxyl groups excluding tert-OH is 1. The lowest BCUT2D eigenvalue weighted by Gasteiger charge is -2.32. The third kappa shape index (κ3) is 1.53. The van der Waals surface area contributed by atoms with Gasteiger partial charge in [-0.1, -0.05) is 24.6 Å². The number of anilines is 2. The van der Waals surface area contributed by atoms with Crippen LogP contribution in [0.4, 0.5) is 11.4 Å². The summed E-state index contributed by atoms with van der Waals surface area (Å²) in [5, 5.41) is 16.6. The molecule has 2 rings (SSSR count). The summed E-state index contributed by atoms with van der Waals surface area (Å²) in [6.45, 7) is 2.03. The van der Waals surface area contributed by atoms with E-state index in [0.29, 0.717) is 5.02 Å². The van der Waals surface area contributed by atoms with Crippen LogP contribution in [0.1, 0.15) is 13.3 Å². The average molecular weight is 213 g/mol. The summed E-state index contributed by atoms with van der Waals surface area (Å²) in [5.41, 5.74) is 1.74. The maximum absolute atomic E-state index is 9.71. The predicted molar refractivity (Wildman–Crippen MR) is 58.8 cm³/mol. The van der Waals surface area contributed by atoms with Crippen molar-refractivity contribution in [1.29, 1.82) is 0 Å². The van der Waals surface area contributed by atoms with Gasteiger partial charge in [-0.15, -0.1) is 0 Å². The standard InChI is InChI=1S/C10H13ClN2O/c1-2-7-10(14)13-9-6(11)4-3-5-8(9)12-7/h3-5,7,10,12-14H,2H2,1H3. The molecule has 0 saturated heterocycles. The van der Waals surface area contributed by atoms with Gasteiger partial charge >= 0.3 is 0 Å². The molecule has 3 nitrogen and oxygen atoms in total. The summed E-state index contributed by atoms with van der Waals surface area (Å²) in [6, 6.07) is 5.68. The third-order valence-electron chi connectivity index (χ3n) is 2.47. The van der Waals surface area contributed by atoms with Crippen LogP contribution < -0.4 is 10.6 Å². The zero-order valence-corrected chi connectivity index (χ0v) is 8.67. The first-order valence-corrected chi connectivity index (χ1v) is 5.10. The molecule has 0 aliphatic carbocycles. The van der Waals surface area contributed by atoms with E-state index < -0.39 is 6.23 Å². The SMILES string of the molecule is CCC1Nc2cccc(Cl)c2NC1O. The topological polar surface area (TPSA) is 44.3 Å². The maximum Gasteiger partial charge on any atom is 0.144 e. The average Bonchev–Trinajstić information content (AvgIpc) is 2.19. The zero-order valence-electron chi connectivity index (χ0n) is 7.92. The fourth-order valence-electron chi connectivity index (χ4n) is 1.64. The van der Waals surface area contributed by atoms with E-state index in [9.17, 15) is 5.11 Å². The van der Waals surface area contributed by atoms with E-state index in [-0.39, 0.29) is 6.04 Å². The fourth-order valence-corrected chi connectivity index (χ4v) is 1.87. The Balaban J connectivity index is 2.35. The third-order valence-corrected chi connectivity index (χ3v) is 2.78. The molecule has 2 unspecified atom stereocenters. The molecule has 1 heterocycles. The van der Waals surface area contributed by atoms with Crippen molar-refractivity contribution in [2.24, 2.45) is 0 Å².